The number of amides is 3. The number of carbonyl (C=O) groups excluding carboxylic acids is 3. The first kappa shape index (κ1) is 30.2. The molecule has 3 aliphatic heterocycles. The van der Waals surface area contributed by atoms with E-state index in [4.69, 9.17) is 11.6 Å². The van der Waals surface area contributed by atoms with Crippen molar-refractivity contribution in [3.05, 3.63) is 40.0 Å². The standard InChI is InChI=1S/C26H32ClF3N4O5S/c1-14-19(27)4-3-5-20(14)32-13-22(35)34-17-6-7-18(26(29,30)12-17)23(34)25(37)33-16(11-21(28)40(2,38)39)10-15-8-9-31-24(15)36/h3-5,11,15-18,23,32H,6-10,12-13H2,1-2H3,(H,31,36)(H,33,37)/b21-11-/t15-,16-,17-,18-,23+/m0/s1. The Morgan fingerprint density at radius 2 is 2.00 bits per heavy atom. The predicted molar refractivity (Wildman–Crippen MR) is 143 cm³/mol. The molecule has 40 heavy (non-hydrogen) atoms. The van der Waals surface area contributed by atoms with Gasteiger partial charge in [-0.05, 0) is 56.4 Å². The van der Waals surface area contributed by atoms with Crippen LogP contribution in [0.25, 0.3) is 0 Å². The fraction of sp³-hybridized carbons (Fsp3) is 0.577. The third kappa shape index (κ3) is 6.40. The molecule has 3 amide bonds. The van der Waals surface area contributed by atoms with Crippen molar-refractivity contribution >= 4 is 44.8 Å². The van der Waals surface area contributed by atoms with Crippen molar-refractivity contribution in [1.82, 2.24) is 15.5 Å². The van der Waals surface area contributed by atoms with E-state index >= 15 is 8.78 Å². The highest BCUT2D eigenvalue weighted by atomic mass is 35.5. The van der Waals surface area contributed by atoms with Crippen molar-refractivity contribution in [2.24, 2.45) is 11.8 Å². The molecule has 5 rings (SSSR count). The lowest BCUT2D eigenvalue weighted by Crippen LogP contribution is -2.69. The maximum atomic E-state index is 15.0. The molecular weight excluding hydrogens is 573 g/mol. The number of hydrogen-bond acceptors (Lipinski definition) is 6. The van der Waals surface area contributed by atoms with Crippen LogP contribution in [0, 0.1) is 18.8 Å². The summed E-state index contributed by atoms with van der Waals surface area (Å²) >= 11 is 6.14. The van der Waals surface area contributed by atoms with Crippen LogP contribution in [0.2, 0.25) is 5.02 Å². The van der Waals surface area contributed by atoms with Crippen LogP contribution in [0.1, 0.15) is 37.7 Å². The number of anilines is 1. The van der Waals surface area contributed by atoms with Crippen molar-refractivity contribution in [1.29, 1.82) is 0 Å². The third-order valence-corrected chi connectivity index (χ3v) is 9.16. The van der Waals surface area contributed by atoms with E-state index < -0.39 is 69.1 Å². The Kier molecular flexibility index (Phi) is 8.74. The van der Waals surface area contributed by atoms with Gasteiger partial charge in [-0.15, -0.1) is 0 Å². The summed E-state index contributed by atoms with van der Waals surface area (Å²) in [7, 11) is -4.26. The van der Waals surface area contributed by atoms with E-state index in [-0.39, 0.29) is 25.3 Å². The van der Waals surface area contributed by atoms with Gasteiger partial charge in [0.05, 0.1) is 18.5 Å². The van der Waals surface area contributed by atoms with Crippen LogP contribution >= 0.6 is 11.6 Å². The minimum atomic E-state index is -4.26. The molecule has 4 aliphatic rings. The Labute approximate surface area is 235 Å². The van der Waals surface area contributed by atoms with Crippen molar-refractivity contribution in [2.75, 3.05) is 24.7 Å². The maximum absolute atomic E-state index is 15.0. The van der Waals surface area contributed by atoms with Crippen LogP contribution in [0.5, 0.6) is 0 Å². The molecule has 0 spiro atoms. The van der Waals surface area contributed by atoms with Gasteiger partial charge in [0.2, 0.25) is 32.7 Å². The summed E-state index contributed by atoms with van der Waals surface area (Å²) in [6, 6.07) is 1.34. The van der Waals surface area contributed by atoms with Crippen molar-refractivity contribution in [3.63, 3.8) is 0 Å². The average Bonchev–Trinajstić information content (AvgIpc) is 3.27. The van der Waals surface area contributed by atoms with E-state index in [0.717, 1.165) is 0 Å². The summed E-state index contributed by atoms with van der Waals surface area (Å²) in [5.41, 5.74) is 1.27. The van der Waals surface area contributed by atoms with Crippen molar-refractivity contribution in [3.8, 4) is 0 Å². The minimum absolute atomic E-state index is 0.00357. The number of nitrogens with one attached hydrogen (secondary N) is 3. The molecule has 3 heterocycles. The second-order valence-corrected chi connectivity index (χ2v) is 13.0. The summed E-state index contributed by atoms with van der Waals surface area (Å²) in [6.07, 6.45) is 1.27. The highest BCUT2D eigenvalue weighted by molar-refractivity contribution is 7.94. The lowest BCUT2D eigenvalue weighted by molar-refractivity contribution is -0.193. The molecule has 4 fully saturated rings. The Morgan fingerprint density at radius 1 is 1.27 bits per heavy atom. The summed E-state index contributed by atoms with van der Waals surface area (Å²) in [6.45, 7) is 1.83. The normalized spacial score (nSPS) is 26.8. The molecule has 220 valence electrons. The highest BCUT2D eigenvalue weighted by Crippen LogP contribution is 2.49. The lowest BCUT2D eigenvalue weighted by atomic mass is 9.71. The Bertz CT molecular complexity index is 1330. The molecule has 14 heteroatoms. The lowest BCUT2D eigenvalue weighted by Gasteiger charge is -2.53. The average molecular weight is 605 g/mol. The zero-order chi connectivity index (χ0) is 29.4. The number of sulfone groups is 1. The summed E-state index contributed by atoms with van der Waals surface area (Å²) < 4.78 is 67.9. The maximum Gasteiger partial charge on any atom is 0.255 e. The number of halogens is 4. The van der Waals surface area contributed by atoms with E-state index in [1.54, 1.807) is 25.1 Å². The van der Waals surface area contributed by atoms with Crippen molar-refractivity contribution in [2.45, 2.75) is 63.1 Å². The zero-order valence-corrected chi connectivity index (χ0v) is 23.6. The number of nitrogens with zero attached hydrogens (tertiary/aromatic N) is 1. The van der Waals surface area contributed by atoms with Crippen LogP contribution < -0.4 is 16.0 Å². The van der Waals surface area contributed by atoms with Gasteiger partial charge in [0.25, 0.3) is 5.92 Å². The van der Waals surface area contributed by atoms with Gasteiger partial charge in [0.1, 0.15) is 6.04 Å². The molecule has 0 unspecified atom stereocenters. The van der Waals surface area contributed by atoms with Gasteiger partial charge in [-0.1, -0.05) is 17.7 Å². The largest absolute Gasteiger partial charge is 0.376 e. The molecule has 1 aromatic rings. The minimum Gasteiger partial charge on any atom is -0.376 e. The molecule has 0 radical (unpaired) electrons. The van der Waals surface area contributed by atoms with E-state index in [1.807, 2.05) is 0 Å². The van der Waals surface area contributed by atoms with Gasteiger partial charge < -0.3 is 20.9 Å². The predicted octanol–water partition coefficient (Wildman–Crippen LogP) is 2.94. The monoisotopic (exact) mass is 604 g/mol. The zero-order valence-electron chi connectivity index (χ0n) is 22.1. The molecule has 9 nitrogen and oxygen atoms in total. The van der Waals surface area contributed by atoms with Crippen LogP contribution in [0.3, 0.4) is 0 Å². The number of benzene rings is 1. The fourth-order valence-electron chi connectivity index (χ4n) is 5.82. The summed E-state index contributed by atoms with van der Waals surface area (Å²) in [5, 5.41) is 7.01. The first-order valence-electron chi connectivity index (χ1n) is 13.0. The van der Waals surface area contributed by atoms with Gasteiger partial charge in [-0.2, -0.15) is 4.39 Å². The number of hydrogen-bond donors (Lipinski definition) is 3. The smallest absolute Gasteiger partial charge is 0.255 e. The van der Waals surface area contributed by atoms with E-state index in [2.05, 4.69) is 16.0 Å². The van der Waals surface area contributed by atoms with Gasteiger partial charge >= 0.3 is 0 Å². The number of rotatable bonds is 9. The molecule has 0 aromatic heterocycles. The van der Waals surface area contributed by atoms with Crippen molar-refractivity contribution < 1.29 is 36.0 Å². The molecule has 1 aromatic carbocycles. The first-order chi connectivity index (χ1) is 18.7. The fourth-order valence-corrected chi connectivity index (χ4v) is 6.41. The number of carbonyl (C=O) groups is 3. The van der Waals surface area contributed by atoms with E-state index in [0.29, 0.717) is 48.0 Å². The van der Waals surface area contributed by atoms with E-state index in [1.165, 1.54) is 4.90 Å². The summed E-state index contributed by atoms with van der Waals surface area (Å²) in [4.78, 5) is 40.3. The molecule has 3 N–H and O–H groups in total. The van der Waals surface area contributed by atoms with Gasteiger partial charge in [-0.3, -0.25) is 14.4 Å². The van der Waals surface area contributed by atoms with Gasteiger partial charge in [0, 0.05) is 41.9 Å². The summed E-state index contributed by atoms with van der Waals surface area (Å²) in [5.74, 6) is -7.20. The number of piperidine rings is 2. The number of alkyl halides is 2. The topological polar surface area (TPSA) is 125 Å². The molecule has 2 bridgehead atoms. The molecular formula is C26H32ClF3N4O5S. The molecule has 1 saturated carbocycles. The van der Waals surface area contributed by atoms with Crippen LogP contribution in [-0.4, -0.2) is 74.4 Å². The second kappa shape index (κ2) is 11.6. The highest BCUT2D eigenvalue weighted by Gasteiger charge is 2.60. The van der Waals surface area contributed by atoms with Gasteiger partial charge in [0.15, 0.2) is 0 Å². The Morgan fingerprint density at radius 3 is 2.62 bits per heavy atom. The van der Waals surface area contributed by atoms with E-state index in [9.17, 15) is 27.2 Å². The molecule has 3 saturated heterocycles. The van der Waals surface area contributed by atoms with Gasteiger partial charge in [-0.25, -0.2) is 17.2 Å². The van der Waals surface area contributed by atoms with Crippen LogP contribution in [0.15, 0.2) is 29.4 Å². The first-order valence-corrected chi connectivity index (χ1v) is 15.3. The third-order valence-electron chi connectivity index (χ3n) is 7.91. The quantitative estimate of drug-likeness (QED) is 0.398. The molecule has 5 atom stereocenters. The number of fused-ring (bicyclic) bond motifs is 3. The SMILES string of the molecule is Cc1c(Cl)cccc1NCC(=O)N1[C@H]2CC[C@@H]([C@@H]1C(=O)N[C@H](/C=C(/F)S(C)(=O)=O)C[C@@H]1CCNC1=O)C(F)(F)C2. The molecule has 1 aliphatic carbocycles. The van der Waals surface area contributed by atoms with Crippen LogP contribution in [-0.2, 0) is 24.2 Å². The van der Waals surface area contributed by atoms with Crippen LogP contribution in [0.4, 0.5) is 18.9 Å². The second-order valence-electron chi connectivity index (χ2n) is 10.7. The Hall–Kier alpha value is -2.80. The Balaban J connectivity index is 1.59.